The van der Waals surface area contributed by atoms with Crippen LogP contribution in [0.4, 0.5) is 0 Å². The minimum absolute atomic E-state index is 0.0891. The van der Waals surface area contributed by atoms with E-state index in [2.05, 4.69) is 12.7 Å². The Labute approximate surface area is 233 Å². The third-order valence-electron chi connectivity index (χ3n) is 11.7. The molecule has 4 fully saturated rings. The van der Waals surface area contributed by atoms with Crippen molar-refractivity contribution >= 4 is 23.7 Å². The van der Waals surface area contributed by atoms with Gasteiger partial charge in [0.25, 0.3) is 0 Å². The molecule has 11 atom stereocenters. The van der Waals surface area contributed by atoms with Crippen molar-refractivity contribution in [2.24, 2.45) is 40.4 Å². The van der Waals surface area contributed by atoms with E-state index in [0.717, 1.165) is 16.7 Å². The summed E-state index contributed by atoms with van der Waals surface area (Å²) in [5.74, 6) is -3.41. The van der Waals surface area contributed by atoms with Crippen LogP contribution in [0.2, 0.25) is 0 Å². The predicted molar refractivity (Wildman–Crippen MR) is 141 cm³/mol. The maximum Gasteiger partial charge on any atom is 0.334 e. The first kappa shape index (κ1) is 25.9. The lowest BCUT2D eigenvalue weighted by molar-refractivity contribution is -0.156. The summed E-state index contributed by atoms with van der Waals surface area (Å²) in [5.41, 5.74) is 0.639. The molecule has 8 heteroatoms. The van der Waals surface area contributed by atoms with Crippen molar-refractivity contribution in [3.05, 3.63) is 46.6 Å². The van der Waals surface area contributed by atoms with Gasteiger partial charge in [0.15, 0.2) is 5.78 Å². The number of ketones is 1. The Morgan fingerprint density at radius 1 is 1.15 bits per heavy atom. The van der Waals surface area contributed by atoms with E-state index in [1.807, 2.05) is 27.7 Å². The lowest BCUT2D eigenvalue weighted by Crippen LogP contribution is -2.49. The van der Waals surface area contributed by atoms with Crippen LogP contribution in [0.25, 0.3) is 0 Å². The standard InChI is InChI=1S/C32H36O8/c1-13-9-20(34)22-14(2)10-21(38-17(5)33)24-25(23(13)22)39-29(36)32(24)12-31-15(3)11-19(32)26(31)30(6,37)8-7-18-16(4)28(35)40-27(18)31/h9,11,18-19,21,23-27,37H,4,7-8,10,12H2,1-3,5-6H3/t18-,19+,21-,23-,24+,25+,26+,27-,30+,31+,32+/m0/s1. The number of allylic oxidation sites excluding steroid dienone is 2. The minimum Gasteiger partial charge on any atom is -0.462 e. The molecule has 40 heavy (non-hydrogen) atoms. The van der Waals surface area contributed by atoms with E-state index in [1.54, 1.807) is 6.08 Å². The summed E-state index contributed by atoms with van der Waals surface area (Å²) < 4.78 is 18.4. The average Bonchev–Trinajstić information content (AvgIpc) is 3.55. The van der Waals surface area contributed by atoms with Gasteiger partial charge in [-0.05, 0) is 53.0 Å². The molecule has 2 saturated heterocycles. The third kappa shape index (κ3) is 2.86. The van der Waals surface area contributed by atoms with Gasteiger partial charge >= 0.3 is 17.9 Å². The highest BCUT2D eigenvalue weighted by atomic mass is 16.6. The molecular weight excluding hydrogens is 512 g/mol. The molecule has 0 aromatic carbocycles. The molecule has 1 spiro atoms. The highest BCUT2D eigenvalue weighted by molar-refractivity contribution is 6.09. The molecule has 7 aliphatic rings. The zero-order valence-electron chi connectivity index (χ0n) is 23.6. The van der Waals surface area contributed by atoms with E-state index in [0.29, 0.717) is 36.8 Å². The summed E-state index contributed by atoms with van der Waals surface area (Å²) >= 11 is 0. The fraction of sp³-hybridized carbons (Fsp3) is 0.625. The number of ether oxygens (including phenoxy) is 3. The number of aliphatic hydroxyl groups is 1. The number of hydrogen-bond acceptors (Lipinski definition) is 8. The Kier molecular flexibility index (Phi) is 5.08. The second-order valence-corrected chi connectivity index (χ2v) is 13.6. The summed E-state index contributed by atoms with van der Waals surface area (Å²) in [4.78, 5) is 52.8. The van der Waals surface area contributed by atoms with Gasteiger partial charge in [-0.25, -0.2) is 4.79 Å². The molecule has 2 saturated carbocycles. The molecule has 2 aliphatic heterocycles. The fourth-order valence-corrected chi connectivity index (χ4v) is 10.5. The van der Waals surface area contributed by atoms with Crippen LogP contribution in [0.3, 0.4) is 0 Å². The maximum atomic E-state index is 14.4. The SMILES string of the molecule is C=C1C(=O)O[C@H]2[C@H]1CC[C@@](C)(O)[C@H]1[C@H]3C=C(C)[C@@]21C[C@@]31C(=O)O[C@@H]2[C@H]3C(C)=CC(=O)C3=C(C)C[C@H](OC(C)=O)[C@H]21. The van der Waals surface area contributed by atoms with Crippen LogP contribution in [0.5, 0.6) is 0 Å². The normalized spacial score (nSPS) is 48.5. The second kappa shape index (κ2) is 7.84. The number of fused-ring (bicyclic) bond motifs is 6. The molecule has 0 aromatic rings. The fourth-order valence-electron chi connectivity index (χ4n) is 10.5. The number of hydrogen-bond donors (Lipinski definition) is 1. The van der Waals surface area contributed by atoms with E-state index in [-0.39, 0.29) is 17.7 Å². The van der Waals surface area contributed by atoms with Crippen LogP contribution in [0.15, 0.2) is 46.6 Å². The Morgan fingerprint density at radius 2 is 1.88 bits per heavy atom. The van der Waals surface area contributed by atoms with Crippen molar-refractivity contribution in [3.8, 4) is 0 Å². The Balaban J connectivity index is 1.44. The molecule has 0 radical (unpaired) electrons. The molecule has 1 N–H and O–H groups in total. The number of carbonyl (C=O) groups is 4. The summed E-state index contributed by atoms with van der Waals surface area (Å²) in [7, 11) is 0. The average molecular weight is 549 g/mol. The van der Waals surface area contributed by atoms with Crippen LogP contribution in [0.1, 0.15) is 60.3 Å². The minimum atomic E-state index is -1.15. The van der Waals surface area contributed by atoms with Gasteiger partial charge in [-0.2, -0.15) is 0 Å². The molecule has 2 bridgehead atoms. The van der Waals surface area contributed by atoms with Crippen LogP contribution in [-0.2, 0) is 33.4 Å². The quantitative estimate of drug-likeness (QED) is 0.229. The van der Waals surface area contributed by atoms with Crippen LogP contribution < -0.4 is 0 Å². The van der Waals surface area contributed by atoms with Gasteiger partial charge in [-0.15, -0.1) is 0 Å². The Morgan fingerprint density at radius 3 is 2.58 bits per heavy atom. The van der Waals surface area contributed by atoms with E-state index in [1.165, 1.54) is 6.92 Å². The predicted octanol–water partition coefficient (Wildman–Crippen LogP) is 3.54. The van der Waals surface area contributed by atoms with Gasteiger partial charge in [0.1, 0.15) is 18.3 Å². The molecule has 7 rings (SSSR count). The van der Waals surface area contributed by atoms with Gasteiger partial charge in [0.05, 0.1) is 16.9 Å². The van der Waals surface area contributed by atoms with Crippen molar-refractivity contribution in [1.29, 1.82) is 0 Å². The van der Waals surface area contributed by atoms with Gasteiger partial charge in [-0.3, -0.25) is 14.4 Å². The van der Waals surface area contributed by atoms with Crippen molar-refractivity contribution in [1.82, 2.24) is 0 Å². The topological polar surface area (TPSA) is 116 Å². The third-order valence-corrected chi connectivity index (χ3v) is 11.7. The van der Waals surface area contributed by atoms with E-state index < -0.39 is 70.4 Å². The summed E-state index contributed by atoms with van der Waals surface area (Å²) in [6.07, 6.45) is 3.41. The smallest absolute Gasteiger partial charge is 0.334 e. The van der Waals surface area contributed by atoms with Gasteiger partial charge in [0, 0.05) is 53.6 Å². The van der Waals surface area contributed by atoms with Crippen molar-refractivity contribution in [3.63, 3.8) is 0 Å². The van der Waals surface area contributed by atoms with Crippen LogP contribution in [-0.4, -0.2) is 52.7 Å². The zero-order chi connectivity index (χ0) is 28.7. The molecule has 0 aromatic heterocycles. The van der Waals surface area contributed by atoms with Gasteiger partial charge in [0.2, 0.25) is 0 Å². The molecular formula is C32H36O8. The van der Waals surface area contributed by atoms with Crippen LogP contribution in [0, 0.1) is 40.4 Å². The maximum absolute atomic E-state index is 14.4. The van der Waals surface area contributed by atoms with Crippen LogP contribution >= 0.6 is 0 Å². The first-order chi connectivity index (χ1) is 18.8. The van der Waals surface area contributed by atoms with E-state index >= 15 is 0 Å². The Hall–Kier alpha value is -3.00. The summed E-state index contributed by atoms with van der Waals surface area (Å²) in [5, 5.41) is 12.1. The van der Waals surface area contributed by atoms with Gasteiger partial charge in [-0.1, -0.05) is 29.4 Å². The molecule has 5 aliphatic carbocycles. The van der Waals surface area contributed by atoms with Crippen molar-refractivity contribution in [2.45, 2.75) is 84.2 Å². The van der Waals surface area contributed by atoms with E-state index in [9.17, 15) is 24.3 Å². The highest BCUT2D eigenvalue weighted by Crippen LogP contribution is 2.77. The second-order valence-electron chi connectivity index (χ2n) is 13.6. The van der Waals surface area contributed by atoms with Crippen molar-refractivity contribution < 1.29 is 38.5 Å². The van der Waals surface area contributed by atoms with Crippen molar-refractivity contribution in [2.75, 3.05) is 0 Å². The molecule has 8 nitrogen and oxygen atoms in total. The Bertz CT molecular complexity index is 1410. The number of esters is 3. The summed E-state index contributed by atoms with van der Waals surface area (Å²) in [6.45, 7) is 13.0. The number of rotatable bonds is 1. The van der Waals surface area contributed by atoms with E-state index in [4.69, 9.17) is 14.2 Å². The summed E-state index contributed by atoms with van der Waals surface area (Å²) in [6, 6.07) is 0. The zero-order valence-corrected chi connectivity index (χ0v) is 23.6. The lowest BCUT2D eigenvalue weighted by Gasteiger charge is -2.44. The first-order valence-electron chi connectivity index (χ1n) is 14.4. The molecule has 0 unspecified atom stereocenters. The number of carbonyl (C=O) groups excluding carboxylic acids is 4. The molecule has 212 valence electrons. The molecule has 0 amide bonds. The highest BCUT2D eigenvalue weighted by Gasteiger charge is 2.81. The molecule has 2 heterocycles. The largest absolute Gasteiger partial charge is 0.462 e. The lowest BCUT2D eigenvalue weighted by atomic mass is 9.59. The first-order valence-corrected chi connectivity index (χ1v) is 14.4. The van der Waals surface area contributed by atoms with Gasteiger partial charge < -0.3 is 19.3 Å². The monoisotopic (exact) mass is 548 g/mol.